The highest BCUT2D eigenvalue weighted by atomic mass is 32.2. The lowest BCUT2D eigenvalue weighted by atomic mass is 10.2. The molecule has 0 spiro atoms. The summed E-state index contributed by atoms with van der Waals surface area (Å²) < 4.78 is 28.1. The average Bonchev–Trinajstić information content (AvgIpc) is 2.28. The van der Waals surface area contributed by atoms with Gasteiger partial charge in [0.2, 0.25) is 0 Å². The fraction of sp³-hybridized carbons (Fsp3) is 0.364. The number of rotatable bonds is 6. The molecule has 0 saturated heterocycles. The van der Waals surface area contributed by atoms with Crippen molar-refractivity contribution < 1.29 is 12.6 Å². The van der Waals surface area contributed by atoms with Crippen molar-refractivity contribution in [2.75, 3.05) is 11.5 Å². The highest BCUT2D eigenvalue weighted by Gasteiger charge is 2.12. The minimum absolute atomic E-state index is 0.0995. The molecule has 1 aromatic rings. The third-order valence-corrected chi connectivity index (χ3v) is 4.27. The van der Waals surface area contributed by atoms with Crippen molar-refractivity contribution in [2.45, 2.75) is 13.3 Å². The molecule has 18 heavy (non-hydrogen) atoms. The van der Waals surface area contributed by atoms with Crippen LogP contribution in [0.15, 0.2) is 24.3 Å². The first-order chi connectivity index (χ1) is 8.43. The quantitative estimate of drug-likeness (QED) is 0.471. The maximum absolute atomic E-state index is 11.6. The molecule has 0 radical (unpaired) electrons. The topological polar surface area (TPSA) is 93.2 Å². The molecule has 0 aliphatic heterocycles. The summed E-state index contributed by atoms with van der Waals surface area (Å²) >= 11 is 0.977. The zero-order valence-electron chi connectivity index (χ0n) is 10.0. The predicted molar refractivity (Wildman–Crippen MR) is 74.6 cm³/mol. The van der Waals surface area contributed by atoms with Crippen LogP contribution < -0.4 is 9.92 Å². The molecule has 0 amide bonds. The molecule has 0 aliphatic carbocycles. The van der Waals surface area contributed by atoms with Gasteiger partial charge in [0, 0.05) is 5.75 Å². The summed E-state index contributed by atoms with van der Waals surface area (Å²) in [6.45, 7) is 2.02. The van der Waals surface area contributed by atoms with Gasteiger partial charge < -0.3 is 9.92 Å². The maximum atomic E-state index is 11.6. The number of thioether (sulfide) groups is 1. The number of nitrogens with one attached hydrogen (secondary N) is 1. The van der Waals surface area contributed by atoms with Crippen LogP contribution in [0.3, 0.4) is 0 Å². The number of nitrogens with two attached hydrogens (primary N) is 1. The molecule has 0 unspecified atom stereocenters. The molecule has 5 nitrogen and oxygen atoms in total. The monoisotopic (exact) mass is 288 g/mol. The Balaban J connectivity index is 2.56. The molecule has 0 aromatic heterocycles. The fourth-order valence-electron chi connectivity index (χ4n) is 1.22. The average molecular weight is 288 g/mol. The number of aryl methyl sites for hydroxylation is 1. The Morgan fingerprint density at radius 1 is 1.39 bits per heavy atom. The van der Waals surface area contributed by atoms with Gasteiger partial charge in [-0.2, -0.15) is 8.42 Å². The second-order valence-electron chi connectivity index (χ2n) is 3.56. The third kappa shape index (κ3) is 5.42. The van der Waals surface area contributed by atoms with E-state index >= 15 is 0 Å². The first-order valence-corrected chi connectivity index (χ1v) is 7.97. The normalized spacial score (nSPS) is 11.2. The van der Waals surface area contributed by atoms with Gasteiger partial charge in [-0.25, -0.2) is 0 Å². The van der Waals surface area contributed by atoms with Gasteiger partial charge in [-0.15, -0.1) is 0 Å². The van der Waals surface area contributed by atoms with E-state index in [1.54, 1.807) is 12.1 Å². The molecular formula is C11H16N2O3S2. The number of hydrogen-bond acceptors (Lipinski definition) is 5. The largest absolute Gasteiger partial charge is 0.382 e. The van der Waals surface area contributed by atoms with Crippen LogP contribution in [-0.2, 0) is 16.5 Å². The summed E-state index contributed by atoms with van der Waals surface area (Å²) in [6.07, 6.45) is 0.891. The van der Waals surface area contributed by atoms with Gasteiger partial charge in [-0.05, 0) is 24.1 Å². The standard InChI is InChI=1S/C11H16N2O3S2/c1-2-9-3-5-10(6-4-9)16-18(14,15)8-7-17-11(12)13/h3-6H,2,7-8H2,1H3,(H3,12,13). The molecule has 0 bridgehead atoms. The zero-order chi connectivity index (χ0) is 13.6. The van der Waals surface area contributed by atoms with Crippen molar-refractivity contribution in [2.24, 2.45) is 5.73 Å². The van der Waals surface area contributed by atoms with Crippen molar-refractivity contribution in [1.82, 2.24) is 0 Å². The van der Waals surface area contributed by atoms with Crippen molar-refractivity contribution in [3.05, 3.63) is 29.8 Å². The second-order valence-corrected chi connectivity index (χ2v) is 6.38. The molecule has 1 rings (SSSR count). The Hall–Kier alpha value is -1.21. The van der Waals surface area contributed by atoms with Crippen LogP contribution in [-0.4, -0.2) is 25.1 Å². The van der Waals surface area contributed by atoms with Crippen LogP contribution in [0.2, 0.25) is 0 Å². The molecule has 7 heteroatoms. The van der Waals surface area contributed by atoms with Crippen molar-refractivity contribution in [3.8, 4) is 5.75 Å². The summed E-state index contributed by atoms with van der Waals surface area (Å²) in [4.78, 5) is 0. The Labute approximate surface area is 111 Å². The zero-order valence-corrected chi connectivity index (χ0v) is 11.7. The van der Waals surface area contributed by atoms with Crippen molar-refractivity contribution in [3.63, 3.8) is 0 Å². The molecule has 100 valence electrons. The lowest BCUT2D eigenvalue weighted by Crippen LogP contribution is -2.17. The molecule has 0 heterocycles. The van der Waals surface area contributed by atoms with Gasteiger partial charge in [0.1, 0.15) is 5.75 Å². The summed E-state index contributed by atoms with van der Waals surface area (Å²) in [5.74, 6) is 0.345. The molecule has 0 saturated carbocycles. The van der Waals surface area contributed by atoms with Crippen LogP contribution in [0.1, 0.15) is 12.5 Å². The first kappa shape index (κ1) is 14.8. The van der Waals surface area contributed by atoms with Crippen LogP contribution in [0.4, 0.5) is 0 Å². The van der Waals surface area contributed by atoms with E-state index in [4.69, 9.17) is 15.3 Å². The highest BCUT2D eigenvalue weighted by Crippen LogP contribution is 2.15. The SMILES string of the molecule is CCc1ccc(OS(=O)(=O)CCSC(=N)N)cc1. The fourth-order valence-corrected chi connectivity index (χ4v) is 3.08. The van der Waals surface area contributed by atoms with Gasteiger partial charge >= 0.3 is 10.1 Å². The molecule has 0 aliphatic rings. The van der Waals surface area contributed by atoms with Crippen molar-refractivity contribution >= 4 is 27.0 Å². The van der Waals surface area contributed by atoms with Gasteiger partial charge in [0.05, 0.1) is 5.75 Å². The predicted octanol–water partition coefficient (Wildman–Crippen LogP) is 1.58. The molecular weight excluding hydrogens is 272 g/mol. The van der Waals surface area contributed by atoms with E-state index in [9.17, 15) is 8.42 Å². The minimum Gasteiger partial charge on any atom is -0.382 e. The Morgan fingerprint density at radius 3 is 2.50 bits per heavy atom. The van der Waals surface area contributed by atoms with E-state index in [1.807, 2.05) is 19.1 Å². The van der Waals surface area contributed by atoms with E-state index in [1.165, 1.54) is 0 Å². The van der Waals surface area contributed by atoms with Crippen LogP contribution >= 0.6 is 11.8 Å². The Morgan fingerprint density at radius 2 is 2.00 bits per heavy atom. The van der Waals surface area contributed by atoms with Gasteiger partial charge in [-0.3, -0.25) is 5.41 Å². The summed E-state index contributed by atoms with van der Waals surface area (Å²) in [5.41, 5.74) is 6.23. The van der Waals surface area contributed by atoms with Crippen LogP contribution in [0.5, 0.6) is 5.75 Å². The van der Waals surface area contributed by atoms with Crippen LogP contribution in [0.25, 0.3) is 0 Å². The van der Waals surface area contributed by atoms with E-state index in [-0.39, 0.29) is 16.7 Å². The van der Waals surface area contributed by atoms with Crippen LogP contribution in [0, 0.1) is 5.41 Å². The molecule has 1 aromatic carbocycles. The molecule has 3 N–H and O–H groups in total. The Bertz CT molecular complexity index is 498. The lowest BCUT2D eigenvalue weighted by molar-refractivity contribution is 0.488. The Kier molecular flexibility index (Phi) is 5.49. The smallest absolute Gasteiger partial charge is 0.310 e. The number of hydrogen-bond donors (Lipinski definition) is 2. The third-order valence-electron chi connectivity index (χ3n) is 2.15. The van der Waals surface area contributed by atoms with Gasteiger partial charge in [0.25, 0.3) is 0 Å². The summed E-state index contributed by atoms with van der Waals surface area (Å²) in [6, 6.07) is 6.92. The second kappa shape index (κ2) is 6.65. The summed E-state index contributed by atoms with van der Waals surface area (Å²) in [5, 5.41) is 6.87. The van der Waals surface area contributed by atoms with Gasteiger partial charge in [-0.1, -0.05) is 30.8 Å². The maximum Gasteiger partial charge on any atom is 0.310 e. The van der Waals surface area contributed by atoms with Crippen molar-refractivity contribution in [1.29, 1.82) is 5.41 Å². The molecule has 0 fully saturated rings. The lowest BCUT2D eigenvalue weighted by Gasteiger charge is -2.07. The minimum atomic E-state index is -3.62. The van der Waals surface area contributed by atoms with E-state index in [2.05, 4.69) is 0 Å². The van der Waals surface area contributed by atoms with E-state index in [0.717, 1.165) is 23.7 Å². The number of benzene rings is 1. The van der Waals surface area contributed by atoms with E-state index in [0.29, 0.717) is 5.75 Å². The highest BCUT2D eigenvalue weighted by molar-refractivity contribution is 8.14. The number of amidine groups is 1. The summed E-state index contributed by atoms with van der Waals surface area (Å²) in [7, 11) is -3.62. The molecule has 0 atom stereocenters. The first-order valence-electron chi connectivity index (χ1n) is 5.41. The van der Waals surface area contributed by atoms with Gasteiger partial charge in [0.15, 0.2) is 5.17 Å². The van der Waals surface area contributed by atoms with E-state index < -0.39 is 10.1 Å².